The van der Waals surface area contributed by atoms with E-state index in [1.165, 1.54) is 0 Å². The summed E-state index contributed by atoms with van der Waals surface area (Å²) in [7, 11) is 1.64. The van der Waals surface area contributed by atoms with Crippen molar-refractivity contribution in [3.63, 3.8) is 0 Å². The molecule has 0 unspecified atom stereocenters. The number of rotatable bonds is 6. The summed E-state index contributed by atoms with van der Waals surface area (Å²) in [6.07, 6.45) is 0.356. The zero-order valence-corrected chi connectivity index (χ0v) is 8.82. The Morgan fingerprint density at radius 2 is 2.20 bits per heavy atom. The van der Waals surface area contributed by atoms with Gasteiger partial charge < -0.3 is 15.8 Å². The molecular weight excluding hydrogens is 192 g/mol. The van der Waals surface area contributed by atoms with E-state index in [0.717, 1.165) is 11.3 Å². The second-order valence-electron chi connectivity index (χ2n) is 3.20. The number of methoxy groups -OCH3 is 1. The van der Waals surface area contributed by atoms with Crippen LogP contribution in [0.1, 0.15) is 12.0 Å². The van der Waals surface area contributed by atoms with Crippen molar-refractivity contribution in [1.82, 2.24) is 5.32 Å². The van der Waals surface area contributed by atoms with Crippen molar-refractivity contribution in [3.05, 3.63) is 29.8 Å². The average Bonchev–Trinajstić information content (AvgIpc) is 2.24. The van der Waals surface area contributed by atoms with Gasteiger partial charge in [-0.05, 0) is 6.07 Å². The molecule has 0 aliphatic rings. The molecule has 82 valence electrons. The van der Waals surface area contributed by atoms with Gasteiger partial charge in [-0.15, -0.1) is 0 Å². The number of carbonyl (C=O) groups excluding carboxylic acids is 1. The number of para-hydroxylation sites is 1. The van der Waals surface area contributed by atoms with E-state index in [1.54, 1.807) is 7.11 Å². The molecule has 1 amide bonds. The van der Waals surface area contributed by atoms with E-state index in [1.807, 2.05) is 24.3 Å². The Morgan fingerprint density at radius 1 is 1.47 bits per heavy atom. The molecule has 0 spiro atoms. The van der Waals surface area contributed by atoms with E-state index in [9.17, 15) is 4.79 Å². The van der Waals surface area contributed by atoms with Crippen molar-refractivity contribution >= 4 is 5.91 Å². The van der Waals surface area contributed by atoms with Crippen molar-refractivity contribution < 1.29 is 9.53 Å². The molecule has 0 saturated carbocycles. The number of hydrogen-bond acceptors (Lipinski definition) is 3. The summed E-state index contributed by atoms with van der Waals surface area (Å²) in [5.41, 5.74) is 6.10. The zero-order valence-electron chi connectivity index (χ0n) is 8.82. The SMILES string of the molecule is COc1ccccc1CNCCC(N)=O. The third-order valence-electron chi connectivity index (χ3n) is 2.06. The van der Waals surface area contributed by atoms with Gasteiger partial charge in [0, 0.05) is 25.1 Å². The van der Waals surface area contributed by atoms with Gasteiger partial charge in [0.05, 0.1) is 7.11 Å². The molecule has 0 aromatic heterocycles. The molecule has 0 saturated heterocycles. The number of primary amides is 1. The van der Waals surface area contributed by atoms with Crippen LogP contribution in [0.5, 0.6) is 5.75 Å². The summed E-state index contributed by atoms with van der Waals surface area (Å²) in [5.74, 6) is 0.562. The number of nitrogens with two attached hydrogens (primary N) is 1. The first-order valence-corrected chi connectivity index (χ1v) is 4.85. The second-order valence-corrected chi connectivity index (χ2v) is 3.20. The van der Waals surface area contributed by atoms with Crippen molar-refractivity contribution in [2.75, 3.05) is 13.7 Å². The predicted molar refractivity (Wildman–Crippen MR) is 58.5 cm³/mol. The molecule has 4 heteroatoms. The molecule has 3 N–H and O–H groups in total. The van der Waals surface area contributed by atoms with Gasteiger partial charge in [0.2, 0.25) is 5.91 Å². The fourth-order valence-electron chi connectivity index (χ4n) is 1.28. The Balaban J connectivity index is 2.39. The minimum Gasteiger partial charge on any atom is -0.496 e. The number of amides is 1. The van der Waals surface area contributed by atoms with Gasteiger partial charge in [-0.1, -0.05) is 18.2 Å². The lowest BCUT2D eigenvalue weighted by Crippen LogP contribution is -2.21. The van der Waals surface area contributed by atoms with Gasteiger partial charge >= 0.3 is 0 Å². The van der Waals surface area contributed by atoms with Crippen LogP contribution in [0.3, 0.4) is 0 Å². The summed E-state index contributed by atoms with van der Waals surface area (Å²) in [5, 5.41) is 3.13. The molecule has 1 aromatic carbocycles. The van der Waals surface area contributed by atoms with Gasteiger partial charge in [-0.3, -0.25) is 4.79 Å². The summed E-state index contributed by atoms with van der Waals surface area (Å²) in [6, 6.07) is 7.76. The van der Waals surface area contributed by atoms with Crippen LogP contribution < -0.4 is 15.8 Å². The number of hydrogen-bond donors (Lipinski definition) is 2. The third-order valence-corrected chi connectivity index (χ3v) is 2.06. The molecule has 0 bridgehead atoms. The predicted octanol–water partition coefficient (Wildman–Crippen LogP) is 0.660. The van der Waals surface area contributed by atoms with Crippen molar-refractivity contribution in [1.29, 1.82) is 0 Å². The van der Waals surface area contributed by atoms with Crippen molar-refractivity contribution in [2.24, 2.45) is 5.73 Å². The van der Waals surface area contributed by atoms with Crippen LogP contribution in [0, 0.1) is 0 Å². The molecule has 0 heterocycles. The van der Waals surface area contributed by atoms with Crippen LogP contribution in [0.2, 0.25) is 0 Å². The Morgan fingerprint density at radius 3 is 2.87 bits per heavy atom. The van der Waals surface area contributed by atoms with E-state index in [4.69, 9.17) is 10.5 Å². The quantitative estimate of drug-likeness (QED) is 0.675. The van der Waals surface area contributed by atoms with Crippen molar-refractivity contribution in [2.45, 2.75) is 13.0 Å². The van der Waals surface area contributed by atoms with E-state index in [2.05, 4.69) is 5.32 Å². The molecular formula is C11H16N2O2. The second kappa shape index (κ2) is 6.03. The standard InChI is InChI=1S/C11H16N2O2/c1-15-10-5-3-2-4-9(10)8-13-7-6-11(12)14/h2-5,13H,6-8H2,1H3,(H2,12,14). The highest BCUT2D eigenvalue weighted by molar-refractivity contribution is 5.73. The largest absolute Gasteiger partial charge is 0.496 e. The highest BCUT2D eigenvalue weighted by atomic mass is 16.5. The normalized spacial score (nSPS) is 9.93. The van der Waals surface area contributed by atoms with E-state index in [0.29, 0.717) is 19.5 Å². The van der Waals surface area contributed by atoms with Crippen molar-refractivity contribution in [3.8, 4) is 5.75 Å². The highest BCUT2D eigenvalue weighted by Gasteiger charge is 2.00. The summed E-state index contributed by atoms with van der Waals surface area (Å²) < 4.78 is 5.19. The van der Waals surface area contributed by atoms with Crippen LogP contribution in [0.4, 0.5) is 0 Å². The molecule has 0 atom stereocenters. The Bertz CT molecular complexity index is 326. The minimum atomic E-state index is -0.289. The average molecular weight is 208 g/mol. The molecule has 15 heavy (non-hydrogen) atoms. The first-order chi connectivity index (χ1) is 7.24. The maximum absolute atomic E-state index is 10.5. The van der Waals surface area contributed by atoms with Crippen LogP contribution in [0.15, 0.2) is 24.3 Å². The molecule has 0 radical (unpaired) electrons. The lowest BCUT2D eigenvalue weighted by Gasteiger charge is -2.08. The minimum absolute atomic E-state index is 0.289. The molecule has 1 rings (SSSR count). The third kappa shape index (κ3) is 3.99. The van der Waals surface area contributed by atoms with Crippen LogP contribution in [-0.2, 0) is 11.3 Å². The highest BCUT2D eigenvalue weighted by Crippen LogP contribution is 2.16. The Labute approximate surface area is 89.4 Å². The van der Waals surface area contributed by atoms with Gasteiger partial charge in [0.25, 0.3) is 0 Å². The number of benzene rings is 1. The lowest BCUT2D eigenvalue weighted by atomic mass is 10.2. The Kier molecular flexibility index (Phi) is 4.63. The number of nitrogens with one attached hydrogen (secondary N) is 1. The smallest absolute Gasteiger partial charge is 0.218 e. The van der Waals surface area contributed by atoms with E-state index < -0.39 is 0 Å². The fraction of sp³-hybridized carbons (Fsp3) is 0.364. The van der Waals surface area contributed by atoms with Gasteiger partial charge in [0.1, 0.15) is 5.75 Å². The maximum Gasteiger partial charge on any atom is 0.218 e. The Hall–Kier alpha value is -1.55. The molecule has 1 aromatic rings. The lowest BCUT2D eigenvalue weighted by molar-refractivity contribution is -0.117. The summed E-state index contributed by atoms with van der Waals surface area (Å²) >= 11 is 0. The molecule has 0 aliphatic carbocycles. The van der Waals surface area contributed by atoms with Gasteiger partial charge in [-0.2, -0.15) is 0 Å². The first-order valence-electron chi connectivity index (χ1n) is 4.85. The zero-order chi connectivity index (χ0) is 11.1. The van der Waals surface area contributed by atoms with Crippen LogP contribution in [-0.4, -0.2) is 19.6 Å². The van der Waals surface area contributed by atoms with Crippen LogP contribution in [0.25, 0.3) is 0 Å². The van der Waals surface area contributed by atoms with Crippen LogP contribution >= 0.6 is 0 Å². The first kappa shape index (κ1) is 11.5. The maximum atomic E-state index is 10.5. The van der Waals surface area contributed by atoms with Gasteiger partial charge in [0.15, 0.2) is 0 Å². The van der Waals surface area contributed by atoms with E-state index in [-0.39, 0.29) is 5.91 Å². The van der Waals surface area contributed by atoms with Gasteiger partial charge in [-0.25, -0.2) is 0 Å². The topological polar surface area (TPSA) is 64.3 Å². The summed E-state index contributed by atoms with van der Waals surface area (Å²) in [4.78, 5) is 10.5. The van der Waals surface area contributed by atoms with E-state index >= 15 is 0 Å². The molecule has 0 fully saturated rings. The molecule has 0 aliphatic heterocycles. The number of ether oxygens (including phenoxy) is 1. The monoisotopic (exact) mass is 208 g/mol. The summed E-state index contributed by atoms with van der Waals surface area (Å²) in [6.45, 7) is 1.27. The fourth-order valence-corrected chi connectivity index (χ4v) is 1.28. The molecule has 4 nitrogen and oxygen atoms in total. The number of carbonyl (C=O) groups is 1.